The molecule has 3 aliphatic rings. The van der Waals surface area contributed by atoms with Crippen LogP contribution in [0.1, 0.15) is 59.3 Å². The average Bonchev–Trinajstić information content (AvgIpc) is 2.78. The van der Waals surface area contributed by atoms with E-state index < -0.39 is 5.54 Å². The lowest BCUT2D eigenvalue weighted by atomic mass is 9.80. The third-order valence-electron chi connectivity index (χ3n) is 4.76. The molecule has 0 aromatic rings. The highest BCUT2D eigenvalue weighted by Gasteiger charge is 2.56. The molecule has 0 bridgehead atoms. The zero-order valence-electron chi connectivity index (χ0n) is 15.0. The number of amides is 2. The van der Waals surface area contributed by atoms with Gasteiger partial charge in [-0.2, -0.15) is 0 Å². The Bertz CT molecular complexity index is 607. The van der Waals surface area contributed by atoms with Gasteiger partial charge in [-0.1, -0.05) is 57.9 Å². The van der Waals surface area contributed by atoms with Gasteiger partial charge in [-0.25, -0.2) is 4.90 Å². The molecule has 0 atom stereocenters. The van der Waals surface area contributed by atoms with Gasteiger partial charge in [-0.15, -0.1) is 0 Å². The Morgan fingerprint density at radius 2 is 1.83 bits per heavy atom. The SMILES string of the molecule is C=C1N(C(C)=O)C(=O)C2(CCCCC2)N1C1=CC=CCC=C1.CC. The molecule has 4 heteroatoms. The first-order chi connectivity index (χ1) is 11.6. The van der Waals surface area contributed by atoms with Crippen LogP contribution in [0.5, 0.6) is 0 Å². The van der Waals surface area contributed by atoms with Crippen LogP contribution in [0.3, 0.4) is 0 Å². The zero-order valence-corrected chi connectivity index (χ0v) is 15.0. The molecule has 24 heavy (non-hydrogen) atoms. The predicted octanol–water partition coefficient (Wildman–Crippen LogP) is 4.28. The summed E-state index contributed by atoms with van der Waals surface area (Å²) in [5.74, 6) is 0.133. The first-order valence-electron chi connectivity index (χ1n) is 8.95. The molecule has 3 rings (SSSR count). The number of hydrogen-bond donors (Lipinski definition) is 0. The number of carbonyl (C=O) groups is 2. The lowest BCUT2D eigenvalue weighted by molar-refractivity contribution is -0.142. The van der Waals surface area contributed by atoms with Crippen LogP contribution in [0.2, 0.25) is 0 Å². The van der Waals surface area contributed by atoms with Gasteiger partial charge in [-0.3, -0.25) is 9.59 Å². The summed E-state index contributed by atoms with van der Waals surface area (Å²) < 4.78 is 0. The van der Waals surface area contributed by atoms with Crippen molar-refractivity contribution in [1.82, 2.24) is 9.80 Å². The fraction of sp³-hybridized carbons (Fsp3) is 0.500. The fourth-order valence-electron chi connectivity index (χ4n) is 3.78. The fourth-order valence-corrected chi connectivity index (χ4v) is 3.78. The van der Waals surface area contributed by atoms with Crippen LogP contribution < -0.4 is 0 Å². The van der Waals surface area contributed by atoms with Gasteiger partial charge in [0.25, 0.3) is 5.91 Å². The van der Waals surface area contributed by atoms with Crippen LogP contribution in [0.4, 0.5) is 0 Å². The molecule has 1 aliphatic heterocycles. The highest BCUT2D eigenvalue weighted by molar-refractivity contribution is 6.03. The summed E-state index contributed by atoms with van der Waals surface area (Å²) >= 11 is 0. The molecule has 0 aromatic carbocycles. The number of carbonyl (C=O) groups excluding carboxylic acids is 2. The van der Waals surface area contributed by atoms with Crippen LogP contribution in [-0.2, 0) is 9.59 Å². The molecule has 130 valence electrons. The molecule has 1 spiro atoms. The highest BCUT2D eigenvalue weighted by atomic mass is 16.2. The lowest BCUT2D eigenvalue weighted by Gasteiger charge is -2.40. The summed E-state index contributed by atoms with van der Waals surface area (Å²) in [4.78, 5) is 28.2. The maximum atomic E-state index is 13.0. The summed E-state index contributed by atoms with van der Waals surface area (Å²) in [6.45, 7) is 9.49. The van der Waals surface area contributed by atoms with E-state index in [0.29, 0.717) is 5.82 Å². The van der Waals surface area contributed by atoms with Crippen LogP contribution in [0.15, 0.2) is 48.5 Å². The molecule has 0 unspecified atom stereocenters. The monoisotopic (exact) mass is 328 g/mol. The topological polar surface area (TPSA) is 40.6 Å². The van der Waals surface area contributed by atoms with Crippen molar-refractivity contribution in [2.24, 2.45) is 0 Å². The van der Waals surface area contributed by atoms with Crippen molar-refractivity contribution in [1.29, 1.82) is 0 Å². The lowest BCUT2D eigenvalue weighted by Crippen LogP contribution is -2.50. The molecular weight excluding hydrogens is 300 g/mol. The standard InChI is InChI=1S/C18H22N2O2.C2H6/c1-14-19(15(2)21)17(22)18(12-8-5-9-13-18)20(14)16-10-6-3-4-7-11-16;1-2/h3,6-7,10-11H,1,4-5,8-9,12-13H2,2H3;1-2H3. The second kappa shape index (κ2) is 7.65. The second-order valence-corrected chi connectivity index (χ2v) is 6.16. The molecule has 0 N–H and O–H groups in total. The van der Waals surface area contributed by atoms with Gasteiger partial charge < -0.3 is 4.90 Å². The van der Waals surface area contributed by atoms with E-state index in [1.54, 1.807) is 0 Å². The Morgan fingerprint density at radius 1 is 1.17 bits per heavy atom. The Labute approximate surface area is 145 Å². The number of nitrogens with zero attached hydrogens (tertiary/aromatic N) is 2. The molecule has 0 aromatic heterocycles. The number of rotatable bonds is 1. The van der Waals surface area contributed by atoms with E-state index in [4.69, 9.17) is 0 Å². The van der Waals surface area contributed by atoms with Crippen molar-refractivity contribution in [2.75, 3.05) is 0 Å². The van der Waals surface area contributed by atoms with E-state index in [1.807, 2.05) is 37.0 Å². The van der Waals surface area contributed by atoms with Crippen LogP contribution in [-0.4, -0.2) is 27.2 Å². The third-order valence-corrected chi connectivity index (χ3v) is 4.76. The van der Waals surface area contributed by atoms with Gasteiger partial charge in [0.1, 0.15) is 11.4 Å². The van der Waals surface area contributed by atoms with Gasteiger partial charge in [0.2, 0.25) is 5.91 Å². The van der Waals surface area contributed by atoms with Crippen LogP contribution in [0, 0.1) is 0 Å². The smallest absolute Gasteiger partial charge is 0.261 e. The maximum Gasteiger partial charge on any atom is 0.261 e. The summed E-state index contributed by atoms with van der Waals surface area (Å²) in [6.07, 6.45) is 15.8. The minimum Gasteiger partial charge on any atom is -0.313 e. The second-order valence-electron chi connectivity index (χ2n) is 6.16. The Hall–Kier alpha value is -2.10. The Morgan fingerprint density at radius 3 is 2.46 bits per heavy atom. The normalized spacial score (nSPS) is 22.2. The number of allylic oxidation sites excluding steroid dienone is 5. The van der Waals surface area contributed by atoms with E-state index in [9.17, 15) is 9.59 Å². The minimum atomic E-state index is -0.630. The van der Waals surface area contributed by atoms with Gasteiger partial charge >= 0.3 is 0 Å². The number of imide groups is 1. The Balaban J connectivity index is 0.00000100. The molecule has 2 fully saturated rings. The van der Waals surface area contributed by atoms with Gasteiger partial charge in [0, 0.05) is 12.6 Å². The largest absolute Gasteiger partial charge is 0.313 e. The van der Waals surface area contributed by atoms with Crippen molar-refractivity contribution in [3.63, 3.8) is 0 Å². The van der Waals surface area contributed by atoms with E-state index in [-0.39, 0.29) is 11.8 Å². The average molecular weight is 328 g/mol. The summed E-state index contributed by atoms with van der Waals surface area (Å²) in [5, 5.41) is 0. The van der Waals surface area contributed by atoms with Crippen molar-refractivity contribution in [2.45, 2.75) is 64.8 Å². The predicted molar refractivity (Wildman–Crippen MR) is 96.7 cm³/mol. The van der Waals surface area contributed by atoms with E-state index >= 15 is 0 Å². The maximum absolute atomic E-state index is 13.0. The van der Waals surface area contributed by atoms with Gasteiger partial charge in [0.05, 0.1) is 0 Å². The molecule has 1 saturated carbocycles. The Kier molecular flexibility index (Phi) is 5.81. The quantitative estimate of drug-likeness (QED) is 0.721. The van der Waals surface area contributed by atoms with Crippen LogP contribution in [0.25, 0.3) is 0 Å². The minimum absolute atomic E-state index is 0.104. The van der Waals surface area contributed by atoms with Crippen molar-refractivity contribution < 1.29 is 9.59 Å². The molecule has 4 nitrogen and oxygen atoms in total. The first kappa shape index (κ1) is 18.2. The summed E-state index contributed by atoms with van der Waals surface area (Å²) in [6, 6.07) is 0. The van der Waals surface area contributed by atoms with E-state index in [0.717, 1.165) is 44.2 Å². The van der Waals surface area contributed by atoms with Crippen molar-refractivity contribution in [3.8, 4) is 0 Å². The van der Waals surface area contributed by atoms with Gasteiger partial charge in [0.15, 0.2) is 0 Å². The number of hydrogen-bond acceptors (Lipinski definition) is 3. The van der Waals surface area contributed by atoms with Crippen LogP contribution >= 0.6 is 0 Å². The molecular formula is C20H28N2O2. The molecule has 2 amide bonds. The van der Waals surface area contributed by atoms with Gasteiger partial charge in [-0.05, 0) is 31.4 Å². The van der Waals surface area contributed by atoms with E-state index in [2.05, 4.69) is 18.7 Å². The molecule has 0 radical (unpaired) electrons. The third kappa shape index (κ3) is 2.97. The first-order valence-corrected chi connectivity index (χ1v) is 8.95. The highest BCUT2D eigenvalue weighted by Crippen LogP contribution is 2.46. The molecule has 2 aliphatic carbocycles. The van der Waals surface area contributed by atoms with Crippen molar-refractivity contribution >= 4 is 11.8 Å². The molecule has 1 saturated heterocycles. The zero-order chi connectivity index (χ0) is 17.7. The van der Waals surface area contributed by atoms with Crippen molar-refractivity contribution in [3.05, 3.63) is 48.5 Å². The summed E-state index contributed by atoms with van der Waals surface area (Å²) in [5.41, 5.74) is 0.313. The summed E-state index contributed by atoms with van der Waals surface area (Å²) in [7, 11) is 0. The van der Waals surface area contributed by atoms with E-state index in [1.165, 1.54) is 11.8 Å². The molecule has 1 heterocycles.